The first-order chi connectivity index (χ1) is 23.5. The lowest BCUT2D eigenvalue weighted by molar-refractivity contribution is -0.137. The number of pyridine rings is 1. The standard InChI is InChI=1S/C32H38F3N13O/c1-37-19-30(7-8-30)20-43(2)25-5-12-44(13-6-25)27(49)18-46-17-24(15-38-46)40-29-41-28-26(4-3-11-47(28)42-29)45-21-31(22-45,9-10-36)48-16-23(14-39-48)32(33,34)35/h3-4,11,14-17,25H,1,5-9,12-13,18-22H2,2H3,(H,40,42). The lowest BCUT2D eigenvalue weighted by Gasteiger charge is -2.50. The minimum Gasteiger partial charge on any atom is -0.363 e. The molecule has 14 nitrogen and oxygen atoms in total. The minimum atomic E-state index is -4.52. The van der Waals surface area contributed by atoms with Gasteiger partial charge in [-0.05, 0) is 51.6 Å². The van der Waals surface area contributed by atoms with Gasteiger partial charge in [-0.2, -0.15) is 33.6 Å². The first-order valence-electron chi connectivity index (χ1n) is 16.3. The van der Waals surface area contributed by atoms with E-state index in [1.54, 1.807) is 33.9 Å². The molecule has 0 atom stereocenters. The molecule has 0 unspecified atom stereocenters. The van der Waals surface area contributed by atoms with Gasteiger partial charge >= 0.3 is 6.18 Å². The van der Waals surface area contributed by atoms with Crippen LogP contribution in [0.1, 0.15) is 37.7 Å². The Morgan fingerprint density at radius 3 is 2.65 bits per heavy atom. The Morgan fingerprint density at radius 2 is 1.98 bits per heavy atom. The summed E-state index contributed by atoms with van der Waals surface area (Å²) in [6, 6.07) is 6.20. The molecule has 49 heavy (non-hydrogen) atoms. The molecule has 4 aromatic rings. The zero-order valence-corrected chi connectivity index (χ0v) is 27.2. The van der Waals surface area contributed by atoms with Gasteiger partial charge in [0, 0.05) is 69.3 Å². The number of fused-ring (bicyclic) bond motifs is 1. The number of anilines is 3. The highest BCUT2D eigenvalue weighted by atomic mass is 19.4. The van der Waals surface area contributed by atoms with Gasteiger partial charge in [0.2, 0.25) is 11.9 Å². The highest BCUT2D eigenvalue weighted by Gasteiger charge is 2.47. The number of aliphatic imine (C=N–C) groups is 1. The summed E-state index contributed by atoms with van der Waals surface area (Å²) in [4.78, 5) is 28.2. The third kappa shape index (κ3) is 6.56. The molecule has 1 N–H and O–H groups in total. The van der Waals surface area contributed by atoms with Crippen LogP contribution in [0.15, 0.2) is 48.1 Å². The van der Waals surface area contributed by atoms with E-state index in [0.717, 1.165) is 44.0 Å². The predicted octanol–water partition coefficient (Wildman–Crippen LogP) is 3.42. The van der Waals surface area contributed by atoms with Crippen LogP contribution in [-0.2, 0) is 23.1 Å². The lowest BCUT2D eigenvalue weighted by atomic mass is 9.86. The summed E-state index contributed by atoms with van der Waals surface area (Å²) in [7, 11) is 2.18. The molecule has 0 aromatic carbocycles. The SMILES string of the molecule is C=NCC1(CN(C)C2CCN(C(=O)Cn3cc(Nc4nc5c(N6CC(CC#N)(n7cc(C(F)(F)F)cn7)C6)cccn5n4)cn3)CC2)CC1. The van der Waals surface area contributed by atoms with Crippen LogP contribution in [0.4, 0.5) is 30.5 Å². The molecule has 1 saturated carbocycles. The molecule has 1 aliphatic carbocycles. The lowest BCUT2D eigenvalue weighted by Crippen LogP contribution is -2.63. The van der Waals surface area contributed by atoms with Crippen LogP contribution >= 0.6 is 0 Å². The molecule has 0 radical (unpaired) electrons. The van der Waals surface area contributed by atoms with Crippen LogP contribution in [0, 0.1) is 16.7 Å². The number of halogens is 3. The van der Waals surface area contributed by atoms with E-state index < -0.39 is 17.3 Å². The van der Waals surface area contributed by atoms with Crippen LogP contribution < -0.4 is 10.2 Å². The number of likely N-dealkylation sites (tertiary alicyclic amines) is 1. The first kappa shape index (κ1) is 32.6. The maximum absolute atomic E-state index is 13.2. The molecule has 2 saturated heterocycles. The molecule has 6 heterocycles. The van der Waals surface area contributed by atoms with E-state index in [0.29, 0.717) is 41.8 Å². The van der Waals surface area contributed by atoms with Gasteiger partial charge in [0.05, 0.1) is 41.8 Å². The number of nitriles is 1. The molecule has 0 spiro atoms. The first-order valence-corrected chi connectivity index (χ1v) is 16.3. The number of rotatable bonds is 12. The summed E-state index contributed by atoms with van der Waals surface area (Å²) in [5.41, 5.74) is 0.421. The second-order valence-electron chi connectivity index (χ2n) is 13.6. The van der Waals surface area contributed by atoms with Crippen molar-refractivity contribution in [3.8, 4) is 6.07 Å². The van der Waals surface area contributed by atoms with Gasteiger partial charge in [-0.25, -0.2) is 4.52 Å². The van der Waals surface area contributed by atoms with E-state index >= 15 is 0 Å². The maximum atomic E-state index is 13.2. The molecule has 4 aromatic heterocycles. The van der Waals surface area contributed by atoms with Crippen LogP contribution in [-0.4, -0.2) is 109 Å². The molecular formula is C32H38F3N13O. The monoisotopic (exact) mass is 677 g/mol. The molecule has 17 heteroatoms. The Labute approximate surface area is 280 Å². The quantitative estimate of drug-likeness (QED) is 0.224. The van der Waals surface area contributed by atoms with Gasteiger partial charge in [0.1, 0.15) is 12.1 Å². The van der Waals surface area contributed by atoms with Crippen molar-refractivity contribution in [2.24, 2.45) is 10.4 Å². The van der Waals surface area contributed by atoms with E-state index in [-0.39, 0.29) is 32.0 Å². The number of nitrogens with zero attached hydrogens (tertiary/aromatic N) is 12. The van der Waals surface area contributed by atoms with Crippen molar-refractivity contribution in [2.45, 2.75) is 56.4 Å². The third-order valence-corrected chi connectivity index (χ3v) is 10.1. The largest absolute Gasteiger partial charge is 0.419 e. The molecule has 1 amide bonds. The van der Waals surface area contributed by atoms with Crippen molar-refractivity contribution in [3.05, 3.63) is 48.7 Å². The highest BCUT2D eigenvalue weighted by molar-refractivity contribution is 5.76. The maximum Gasteiger partial charge on any atom is 0.419 e. The number of hydrogen-bond acceptors (Lipinski definition) is 10. The topological polar surface area (TPSA) is 141 Å². The number of hydrogen-bond donors (Lipinski definition) is 1. The van der Waals surface area contributed by atoms with Crippen LogP contribution in [0.5, 0.6) is 0 Å². The normalized spacial score (nSPS) is 18.8. The zero-order chi connectivity index (χ0) is 34.4. The second kappa shape index (κ2) is 12.5. The molecule has 0 bridgehead atoms. The van der Waals surface area contributed by atoms with Crippen LogP contribution in [0.3, 0.4) is 0 Å². The number of carbonyl (C=O) groups excluding carboxylic acids is 1. The number of alkyl halides is 3. The number of amides is 1. The zero-order valence-electron chi connectivity index (χ0n) is 27.2. The summed E-state index contributed by atoms with van der Waals surface area (Å²) >= 11 is 0. The molecular weight excluding hydrogens is 639 g/mol. The van der Waals surface area contributed by atoms with Gasteiger partial charge in [0.15, 0.2) is 5.65 Å². The van der Waals surface area contributed by atoms with Crippen molar-refractivity contribution in [3.63, 3.8) is 0 Å². The summed E-state index contributed by atoms with van der Waals surface area (Å²) in [6.45, 7) is 7.62. The van der Waals surface area contributed by atoms with Crippen LogP contribution in [0.25, 0.3) is 5.65 Å². The van der Waals surface area contributed by atoms with Crippen molar-refractivity contribution in [2.75, 3.05) is 56.5 Å². The Bertz CT molecular complexity index is 1870. The number of piperidine rings is 1. The number of aromatic nitrogens is 7. The number of nitrogens with one attached hydrogen (secondary N) is 1. The molecule has 2 aliphatic heterocycles. The third-order valence-electron chi connectivity index (χ3n) is 10.1. The Morgan fingerprint density at radius 1 is 1.20 bits per heavy atom. The predicted molar refractivity (Wildman–Crippen MR) is 174 cm³/mol. The summed E-state index contributed by atoms with van der Waals surface area (Å²) in [5, 5.41) is 25.4. The molecule has 258 valence electrons. The Balaban J connectivity index is 0.949. The highest BCUT2D eigenvalue weighted by Crippen LogP contribution is 2.47. The second-order valence-corrected chi connectivity index (χ2v) is 13.6. The minimum absolute atomic E-state index is 0.00228. The molecule has 3 aliphatic rings. The fraction of sp³-hybridized carbons (Fsp3) is 0.531. The van der Waals surface area contributed by atoms with E-state index in [1.807, 2.05) is 15.9 Å². The average Bonchev–Trinajstić information content (AvgIpc) is 3.41. The summed E-state index contributed by atoms with van der Waals surface area (Å²) in [6.07, 6.45) is 6.60. The van der Waals surface area contributed by atoms with Gasteiger partial charge in [0.25, 0.3) is 0 Å². The fourth-order valence-corrected chi connectivity index (χ4v) is 7.12. The van der Waals surface area contributed by atoms with Gasteiger partial charge in [-0.1, -0.05) is 0 Å². The summed E-state index contributed by atoms with van der Waals surface area (Å²) in [5.74, 6) is 0.333. The van der Waals surface area contributed by atoms with Crippen molar-refractivity contribution < 1.29 is 18.0 Å². The summed E-state index contributed by atoms with van der Waals surface area (Å²) < 4.78 is 44.1. The fourth-order valence-electron chi connectivity index (χ4n) is 7.12. The van der Waals surface area contributed by atoms with Crippen molar-refractivity contribution in [1.29, 1.82) is 5.26 Å². The van der Waals surface area contributed by atoms with Crippen molar-refractivity contribution in [1.82, 2.24) is 44.0 Å². The average molecular weight is 678 g/mol. The van der Waals surface area contributed by atoms with E-state index in [2.05, 4.69) is 55.3 Å². The van der Waals surface area contributed by atoms with Gasteiger partial charge in [-0.15, -0.1) is 5.10 Å². The molecule has 7 rings (SSSR count). The number of carbonyl (C=O) groups is 1. The van der Waals surface area contributed by atoms with Crippen molar-refractivity contribution >= 4 is 35.6 Å². The van der Waals surface area contributed by atoms with Crippen LogP contribution in [0.2, 0.25) is 0 Å². The van der Waals surface area contributed by atoms with Gasteiger partial charge in [-0.3, -0.25) is 14.2 Å². The van der Waals surface area contributed by atoms with Gasteiger partial charge < -0.3 is 25.0 Å². The van der Waals surface area contributed by atoms with E-state index in [9.17, 15) is 23.2 Å². The molecule has 3 fully saturated rings. The Kier molecular flexibility index (Phi) is 8.29. The van der Waals surface area contributed by atoms with E-state index in [4.69, 9.17) is 0 Å². The Hall–Kier alpha value is -4.98. The smallest absolute Gasteiger partial charge is 0.363 e. The van der Waals surface area contributed by atoms with E-state index in [1.165, 1.54) is 17.5 Å².